The van der Waals surface area contributed by atoms with Gasteiger partial charge in [0.1, 0.15) is 5.82 Å². The molecule has 0 unspecified atom stereocenters. The van der Waals surface area contributed by atoms with Gasteiger partial charge in [0.2, 0.25) is 5.88 Å². The highest BCUT2D eigenvalue weighted by Gasteiger charge is 2.22. The zero-order chi connectivity index (χ0) is 19.4. The molecule has 1 atom stereocenters. The number of amides is 1. The molecule has 7 nitrogen and oxygen atoms in total. The first-order valence-electron chi connectivity index (χ1n) is 8.76. The van der Waals surface area contributed by atoms with Crippen LogP contribution in [0.5, 0.6) is 5.88 Å². The second kappa shape index (κ2) is 7.99. The predicted molar refractivity (Wildman–Crippen MR) is 102 cm³/mol. The number of aryl methyl sites for hydroxylation is 1. The van der Waals surface area contributed by atoms with Crippen molar-refractivity contribution < 1.29 is 9.53 Å². The van der Waals surface area contributed by atoms with E-state index in [2.05, 4.69) is 34.3 Å². The third-order valence-electron chi connectivity index (χ3n) is 4.38. The van der Waals surface area contributed by atoms with Gasteiger partial charge in [-0.1, -0.05) is 26.0 Å². The molecule has 2 heterocycles. The van der Waals surface area contributed by atoms with Crippen LogP contribution < -0.4 is 10.1 Å². The van der Waals surface area contributed by atoms with Crippen LogP contribution in [0.3, 0.4) is 0 Å². The van der Waals surface area contributed by atoms with Gasteiger partial charge in [0, 0.05) is 36.6 Å². The number of rotatable bonds is 6. The Kier molecular flexibility index (Phi) is 5.49. The van der Waals surface area contributed by atoms with Crippen molar-refractivity contribution in [3.63, 3.8) is 0 Å². The number of nitrogens with one attached hydrogen (secondary N) is 1. The second-order valence-electron chi connectivity index (χ2n) is 6.63. The minimum atomic E-state index is -0.162. The number of nitrogens with zero attached hydrogens (tertiary/aromatic N) is 4. The van der Waals surface area contributed by atoms with Crippen LogP contribution in [0, 0.1) is 5.92 Å². The van der Waals surface area contributed by atoms with Gasteiger partial charge in [-0.2, -0.15) is 0 Å². The van der Waals surface area contributed by atoms with Gasteiger partial charge in [-0.15, -0.1) is 10.2 Å². The fourth-order valence-corrected chi connectivity index (χ4v) is 2.81. The van der Waals surface area contributed by atoms with Crippen molar-refractivity contribution >= 4 is 5.91 Å². The van der Waals surface area contributed by atoms with Crippen molar-refractivity contribution in [2.24, 2.45) is 13.0 Å². The molecule has 1 aromatic carbocycles. The fraction of sp³-hybridized carbons (Fsp3) is 0.300. The van der Waals surface area contributed by atoms with Crippen LogP contribution in [-0.4, -0.2) is 32.8 Å². The van der Waals surface area contributed by atoms with E-state index in [0.29, 0.717) is 11.4 Å². The van der Waals surface area contributed by atoms with Gasteiger partial charge in [-0.3, -0.25) is 4.79 Å². The van der Waals surface area contributed by atoms with Crippen molar-refractivity contribution in [1.29, 1.82) is 0 Å². The molecule has 1 N–H and O–H groups in total. The molecule has 3 aromatic rings. The molecular weight excluding hydrogens is 342 g/mol. The highest BCUT2D eigenvalue weighted by Crippen LogP contribution is 2.22. The van der Waals surface area contributed by atoms with Crippen molar-refractivity contribution in [2.45, 2.75) is 19.9 Å². The molecule has 7 heteroatoms. The van der Waals surface area contributed by atoms with E-state index in [1.165, 1.54) is 0 Å². The molecule has 0 aliphatic carbocycles. The normalized spacial score (nSPS) is 12.0. The summed E-state index contributed by atoms with van der Waals surface area (Å²) in [4.78, 5) is 17.1. The third-order valence-corrected chi connectivity index (χ3v) is 4.38. The molecule has 27 heavy (non-hydrogen) atoms. The van der Waals surface area contributed by atoms with E-state index in [4.69, 9.17) is 4.74 Å². The highest BCUT2D eigenvalue weighted by molar-refractivity contribution is 5.94. The molecule has 0 saturated carbocycles. The molecule has 1 amide bonds. The maximum Gasteiger partial charge on any atom is 0.251 e. The Morgan fingerprint density at radius 3 is 2.37 bits per heavy atom. The monoisotopic (exact) mass is 365 g/mol. The first kappa shape index (κ1) is 18.6. The van der Waals surface area contributed by atoms with Gasteiger partial charge < -0.3 is 14.6 Å². The molecular formula is C20H23N5O2. The summed E-state index contributed by atoms with van der Waals surface area (Å²) in [5.41, 5.74) is 2.18. The van der Waals surface area contributed by atoms with E-state index in [1.807, 2.05) is 36.0 Å². The number of imidazole rings is 1. The maximum atomic E-state index is 12.7. The van der Waals surface area contributed by atoms with Crippen molar-refractivity contribution in [3.05, 3.63) is 60.2 Å². The summed E-state index contributed by atoms with van der Waals surface area (Å²) in [5.74, 6) is 1.38. The van der Waals surface area contributed by atoms with Crippen molar-refractivity contribution in [3.8, 4) is 17.1 Å². The zero-order valence-electron chi connectivity index (χ0n) is 15.9. The summed E-state index contributed by atoms with van der Waals surface area (Å²) in [7, 11) is 3.47. The number of hydrogen-bond donors (Lipinski definition) is 1. The van der Waals surface area contributed by atoms with Gasteiger partial charge in [0.05, 0.1) is 18.8 Å². The predicted octanol–water partition coefficient (Wildman–Crippen LogP) is 3.01. The molecule has 0 fully saturated rings. The van der Waals surface area contributed by atoms with Gasteiger partial charge in [0.25, 0.3) is 5.91 Å². The first-order valence-corrected chi connectivity index (χ1v) is 8.76. The average molecular weight is 365 g/mol. The molecule has 0 saturated heterocycles. The number of carbonyl (C=O) groups excluding carboxylic acids is 1. The Morgan fingerprint density at radius 2 is 1.85 bits per heavy atom. The summed E-state index contributed by atoms with van der Waals surface area (Å²) in [6, 6.07) is 10.7. The molecule has 0 spiro atoms. The smallest absolute Gasteiger partial charge is 0.251 e. The summed E-state index contributed by atoms with van der Waals surface area (Å²) in [6.45, 7) is 4.12. The van der Waals surface area contributed by atoms with Crippen LogP contribution in [-0.2, 0) is 7.05 Å². The van der Waals surface area contributed by atoms with Gasteiger partial charge >= 0.3 is 0 Å². The first-order chi connectivity index (χ1) is 13.0. The Hall–Kier alpha value is -3.22. The number of ether oxygens (including phenoxy) is 1. The average Bonchev–Trinajstić information content (AvgIpc) is 3.11. The SMILES string of the molecule is COc1ccc(-c2ccc(C(=O)N[C@H](c3nccn3C)C(C)C)cc2)nn1. The van der Waals surface area contributed by atoms with E-state index in [1.54, 1.807) is 31.5 Å². The molecule has 0 bridgehead atoms. The lowest BCUT2D eigenvalue weighted by Crippen LogP contribution is -2.33. The van der Waals surface area contributed by atoms with Crippen molar-refractivity contribution in [2.75, 3.05) is 7.11 Å². The molecule has 0 radical (unpaired) electrons. The fourth-order valence-electron chi connectivity index (χ4n) is 2.81. The molecule has 0 aliphatic rings. The van der Waals surface area contributed by atoms with Gasteiger partial charge in [-0.05, 0) is 24.1 Å². The Bertz CT molecular complexity index is 901. The van der Waals surface area contributed by atoms with Gasteiger partial charge in [0.15, 0.2) is 0 Å². The summed E-state index contributed by atoms with van der Waals surface area (Å²) in [5, 5.41) is 11.2. The van der Waals surface area contributed by atoms with Crippen molar-refractivity contribution in [1.82, 2.24) is 25.1 Å². The topological polar surface area (TPSA) is 81.9 Å². The molecule has 0 aliphatic heterocycles. The van der Waals surface area contributed by atoms with Crippen LogP contribution in [0.25, 0.3) is 11.3 Å². The van der Waals surface area contributed by atoms with Crippen LogP contribution in [0.2, 0.25) is 0 Å². The Balaban J connectivity index is 1.75. The number of benzene rings is 1. The maximum absolute atomic E-state index is 12.7. The zero-order valence-corrected chi connectivity index (χ0v) is 15.9. The van der Waals surface area contributed by atoms with Crippen LogP contribution >= 0.6 is 0 Å². The number of hydrogen-bond acceptors (Lipinski definition) is 5. The molecule has 140 valence electrons. The minimum Gasteiger partial charge on any atom is -0.480 e. The quantitative estimate of drug-likeness (QED) is 0.726. The van der Waals surface area contributed by atoms with Crippen LogP contribution in [0.4, 0.5) is 0 Å². The van der Waals surface area contributed by atoms with Gasteiger partial charge in [-0.25, -0.2) is 4.98 Å². The van der Waals surface area contributed by atoms with E-state index in [9.17, 15) is 4.79 Å². The third kappa shape index (κ3) is 4.13. The number of aromatic nitrogens is 4. The minimum absolute atomic E-state index is 0.135. The second-order valence-corrected chi connectivity index (χ2v) is 6.63. The van der Waals surface area contributed by atoms with E-state index < -0.39 is 0 Å². The summed E-state index contributed by atoms with van der Waals surface area (Å²) in [6.07, 6.45) is 3.61. The summed E-state index contributed by atoms with van der Waals surface area (Å²) < 4.78 is 6.94. The Labute approximate surface area is 158 Å². The summed E-state index contributed by atoms with van der Waals surface area (Å²) >= 11 is 0. The number of carbonyl (C=O) groups is 1. The van der Waals surface area contributed by atoms with E-state index in [-0.39, 0.29) is 17.9 Å². The van der Waals surface area contributed by atoms with Crippen LogP contribution in [0.1, 0.15) is 36.1 Å². The van der Waals surface area contributed by atoms with Crippen LogP contribution in [0.15, 0.2) is 48.8 Å². The lowest BCUT2D eigenvalue weighted by atomic mass is 10.0. The largest absolute Gasteiger partial charge is 0.480 e. The van der Waals surface area contributed by atoms with E-state index >= 15 is 0 Å². The lowest BCUT2D eigenvalue weighted by molar-refractivity contribution is 0.0922. The standard InChI is InChI=1S/C20H23N5O2/c1-13(2)18(19-21-11-12-25(19)3)22-20(26)15-7-5-14(6-8-15)16-9-10-17(27-4)24-23-16/h5-13,18H,1-4H3,(H,22,26)/t18-/m0/s1. The van der Waals surface area contributed by atoms with E-state index in [0.717, 1.165) is 17.1 Å². The highest BCUT2D eigenvalue weighted by atomic mass is 16.5. The number of methoxy groups -OCH3 is 1. The molecule has 3 rings (SSSR count). The Morgan fingerprint density at radius 1 is 1.11 bits per heavy atom. The lowest BCUT2D eigenvalue weighted by Gasteiger charge is -2.22. The molecule has 2 aromatic heterocycles.